The summed E-state index contributed by atoms with van der Waals surface area (Å²) in [5, 5.41) is 8.79. The molecule has 2 N–H and O–H groups in total. The summed E-state index contributed by atoms with van der Waals surface area (Å²) in [6.07, 6.45) is 4.03. The summed E-state index contributed by atoms with van der Waals surface area (Å²) in [4.78, 5) is 11.3. The van der Waals surface area contributed by atoms with Crippen molar-refractivity contribution in [1.29, 1.82) is 0 Å². The van der Waals surface area contributed by atoms with Crippen molar-refractivity contribution in [2.75, 3.05) is 0 Å². The molecule has 1 aliphatic carbocycles. The van der Waals surface area contributed by atoms with Crippen LogP contribution in [0.5, 0.6) is 0 Å². The third kappa shape index (κ3) is 3.58. The highest BCUT2D eigenvalue weighted by molar-refractivity contribution is 7.90. The fourth-order valence-electron chi connectivity index (χ4n) is 2.54. The molecule has 0 saturated heterocycles. The molecule has 0 aliphatic heterocycles. The molecule has 1 aliphatic rings. The van der Waals surface area contributed by atoms with Gasteiger partial charge in [-0.05, 0) is 18.4 Å². The van der Waals surface area contributed by atoms with Gasteiger partial charge in [-0.2, -0.15) is 4.72 Å². The third-order valence-electron chi connectivity index (χ3n) is 3.65. The van der Waals surface area contributed by atoms with Crippen molar-refractivity contribution in [3.05, 3.63) is 35.9 Å². The number of benzene rings is 1. The van der Waals surface area contributed by atoms with Crippen molar-refractivity contribution in [3.8, 4) is 0 Å². The largest absolute Gasteiger partial charge is 0.480 e. The fourth-order valence-corrected chi connectivity index (χ4v) is 4.25. The summed E-state index contributed by atoms with van der Waals surface area (Å²) in [6.45, 7) is 0. The van der Waals surface area contributed by atoms with Crippen molar-refractivity contribution in [2.24, 2.45) is 0 Å². The highest BCUT2D eigenvalue weighted by atomic mass is 32.2. The number of carboxylic acid groups (broad SMARTS) is 1. The van der Waals surface area contributed by atoms with Gasteiger partial charge in [-0.1, -0.05) is 49.6 Å². The molecule has 20 heavy (non-hydrogen) atoms. The number of carbonyl (C=O) groups is 1. The van der Waals surface area contributed by atoms with E-state index < -0.39 is 27.3 Å². The maximum atomic E-state index is 12.3. The lowest BCUT2D eigenvalue weighted by Crippen LogP contribution is -2.40. The summed E-state index contributed by atoms with van der Waals surface area (Å²) in [6, 6.07) is 7.16. The second-order valence-electron chi connectivity index (χ2n) is 5.10. The molecule has 0 aromatic heterocycles. The Labute approximate surface area is 119 Å². The molecule has 6 heteroatoms. The smallest absolute Gasteiger partial charge is 0.326 e. The molecule has 0 radical (unpaired) electrons. The second-order valence-corrected chi connectivity index (χ2v) is 7.10. The molecule has 1 fully saturated rings. The molecule has 1 aromatic rings. The normalized spacial score (nSPS) is 18.6. The summed E-state index contributed by atoms with van der Waals surface area (Å²) < 4.78 is 27.0. The molecule has 1 saturated carbocycles. The van der Waals surface area contributed by atoms with Crippen molar-refractivity contribution < 1.29 is 18.3 Å². The first kappa shape index (κ1) is 15.0. The highest BCUT2D eigenvalue weighted by Crippen LogP contribution is 2.25. The molecule has 2 rings (SSSR count). The van der Waals surface area contributed by atoms with Crippen LogP contribution in [0.2, 0.25) is 0 Å². The number of sulfonamides is 1. The quantitative estimate of drug-likeness (QED) is 0.871. The zero-order valence-corrected chi connectivity index (χ0v) is 12.0. The summed E-state index contributed by atoms with van der Waals surface area (Å²) in [5.74, 6) is -1.18. The molecule has 0 amide bonds. The minimum absolute atomic E-state index is 0.444. The topological polar surface area (TPSA) is 83.5 Å². The van der Waals surface area contributed by atoms with Crippen LogP contribution in [0, 0.1) is 0 Å². The molecule has 0 bridgehead atoms. The number of hydrogen-bond donors (Lipinski definition) is 2. The van der Waals surface area contributed by atoms with Crippen LogP contribution in [0.3, 0.4) is 0 Å². The Bertz CT molecular complexity index is 550. The van der Waals surface area contributed by atoms with Gasteiger partial charge in [-0.15, -0.1) is 0 Å². The number of nitrogens with one attached hydrogen (secondary N) is 1. The van der Waals surface area contributed by atoms with E-state index in [9.17, 15) is 18.3 Å². The minimum atomic E-state index is -3.61. The molecule has 110 valence electrons. The predicted molar refractivity (Wildman–Crippen MR) is 75.7 cm³/mol. The Kier molecular flexibility index (Phi) is 4.77. The van der Waals surface area contributed by atoms with E-state index in [1.54, 1.807) is 30.3 Å². The summed E-state index contributed by atoms with van der Waals surface area (Å²) in [7, 11) is -3.61. The first-order valence-electron chi connectivity index (χ1n) is 6.79. The molecule has 5 nitrogen and oxygen atoms in total. The van der Waals surface area contributed by atoms with Crippen molar-refractivity contribution >= 4 is 16.0 Å². The molecule has 0 heterocycles. The number of rotatable bonds is 5. The first-order chi connectivity index (χ1) is 9.50. The monoisotopic (exact) mass is 297 g/mol. The van der Waals surface area contributed by atoms with Gasteiger partial charge < -0.3 is 5.11 Å². The van der Waals surface area contributed by atoms with Crippen LogP contribution >= 0.6 is 0 Å². The Morgan fingerprint density at radius 3 is 2.30 bits per heavy atom. The molecule has 1 aromatic carbocycles. The van der Waals surface area contributed by atoms with Gasteiger partial charge in [-0.3, -0.25) is 4.79 Å². The van der Waals surface area contributed by atoms with Crippen LogP contribution in [-0.2, 0) is 14.8 Å². The predicted octanol–water partition coefficient (Wildman–Crippen LogP) is 2.06. The van der Waals surface area contributed by atoms with Gasteiger partial charge in [0.2, 0.25) is 10.0 Å². The van der Waals surface area contributed by atoms with E-state index in [1.807, 2.05) is 0 Å². The first-order valence-corrected chi connectivity index (χ1v) is 8.34. The van der Waals surface area contributed by atoms with Crippen molar-refractivity contribution in [3.63, 3.8) is 0 Å². The van der Waals surface area contributed by atoms with E-state index in [1.165, 1.54) is 0 Å². The van der Waals surface area contributed by atoms with Crippen LogP contribution in [0.4, 0.5) is 0 Å². The Morgan fingerprint density at radius 1 is 1.15 bits per heavy atom. The maximum absolute atomic E-state index is 12.3. The van der Waals surface area contributed by atoms with Crippen LogP contribution in [0.25, 0.3) is 0 Å². The van der Waals surface area contributed by atoms with E-state index in [0.29, 0.717) is 18.4 Å². The molecule has 0 unspecified atom stereocenters. The number of hydrogen-bond acceptors (Lipinski definition) is 3. The van der Waals surface area contributed by atoms with Gasteiger partial charge in [0.05, 0.1) is 5.25 Å². The van der Waals surface area contributed by atoms with E-state index in [-0.39, 0.29) is 0 Å². The zero-order valence-electron chi connectivity index (χ0n) is 11.2. The average molecular weight is 297 g/mol. The number of carboxylic acids is 1. The lowest BCUT2D eigenvalue weighted by Gasteiger charge is -2.24. The summed E-state index contributed by atoms with van der Waals surface area (Å²) >= 11 is 0. The molecular weight excluding hydrogens is 278 g/mol. The average Bonchev–Trinajstić information content (AvgIpc) is 2.46. The standard InChI is InChI=1S/C14H19NO4S/c16-14(17)13(11-7-3-1-4-8-11)15-20(18,19)12-9-5-2-6-10-12/h1,3-4,7-8,12-13,15H,2,5-6,9-10H2,(H,16,17)/t13-/m0/s1. The Morgan fingerprint density at radius 2 is 1.75 bits per heavy atom. The lowest BCUT2D eigenvalue weighted by molar-refractivity contribution is -0.139. The van der Waals surface area contributed by atoms with Crippen LogP contribution < -0.4 is 4.72 Å². The van der Waals surface area contributed by atoms with Crippen LogP contribution in [0.15, 0.2) is 30.3 Å². The van der Waals surface area contributed by atoms with Crippen LogP contribution in [0.1, 0.15) is 43.7 Å². The van der Waals surface area contributed by atoms with Gasteiger partial charge in [0.1, 0.15) is 6.04 Å². The van der Waals surface area contributed by atoms with Crippen molar-refractivity contribution in [1.82, 2.24) is 4.72 Å². The van der Waals surface area contributed by atoms with E-state index in [2.05, 4.69) is 4.72 Å². The minimum Gasteiger partial charge on any atom is -0.480 e. The zero-order chi connectivity index (χ0) is 14.6. The van der Waals surface area contributed by atoms with E-state index in [4.69, 9.17) is 0 Å². The van der Waals surface area contributed by atoms with Gasteiger partial charge in [0.25, 0.3) is 0 Å². The van der Waals surface area contributed by atoms with E-state index >= 15 is 0 Å². The number of aliphatic carboxylic acids is 1. The Balaban J connectivity index is 2.18. The van der Waals surface area contributed by atoms with Gasteiger partial charge in [0.15, 0.2) is 0 Å². The highest BCUT2D eigenvalue weighted by Gasteiger charge is 2.32. The molecular formula is C14H19NO4S. The molecule has 0 spiro atoms. The fraction of sp³-hybridized carbons (Fsp3) is 0.500. The third-order valence-corrected chi connectivity index (χ3v) is 5.57. The SMILES string of the molecule is O=C(O)[C@@H](NS(=O)(=O)C1CCCCC1)c1ccccc1. The summed E-state index contributed by atoms with van der Waals surface area (Å²) in [5.41, 5.74) is 0.444. The Hall–Kier alpha value is -1.40. The van der Waals surface area contributed by atoms with Gasteiger partial charge in [-0.25, -0.2) is 8.42 Å². The lowest BCUT2D eigenvalue weighted by atomic mass is 10.0. The maximum Gasteiger partial charge on any atom is 0.326 e. The van der Waals surface area contributed by atoms with Gasteiger partial charge >= 0.3 is 5.97 Å². The van der Waals surface area contributed by atoms with E-state index in [0.717, 1.165) is 19.3 Å². The van der Waals surface area contributed by atoms with Crippen LogP contribution in [-0.4, -0.2) is 24.7 Å². The van der Waals surface area contributed by atoms with Gasteiger partial charge in [0, 0.05) is 0 Å². The van der Waals surface area contributed by atoms with Crippen molar-refractivity contribution in [2.45, 2.75) is 43.4 Å². The second kappa shape index (κ2) is 6.37. The molecule has 1 atom stereocenters.